The maximum absolute atomic E-state index is 12.7. The first-order valence-corrected chi connectivity index (χ1v) is 9.07. The first-order valence-electron chi connectivity index (χ1n) is 6.80. The summed E-state index contributed by atoms with van der Waals surface area (Å²) in [5.74, 6) is 0. The van der Waals surface area contributed by atoms with E-state index in [1.165, 1.54) is 24.4 Å². The molecule has 0 aliphatic rings. The van der Waals surface area contributed by atoms with Crippen molar-refractivity contribution in [2.45, 2.75) is 11.8 Å². The number of fused-ring (bicyclic) bond motifs is 1. The van der Waals surface area contributed by atoms with Gasteiger partial charge in [-0.15, -0.1) is 0 Å². The fraction of sp³-hybridized carbons (Fsp3) is 0.0625. The number of aryl methyl sites for hydroxylation is 1. The summed E-state index contributed by atoms with van der Waals surface area (Å²) in [5, 5.41) is 13.4. The second-order valence-corrected chi connectivity index (χ2v) is 7.90. The summed E-state index contributed by atoms with van der Waals surface area (Å²) >= 11 is 3.31. The van der Waals surface area contributed by atoms with Gasteiger partial charge in [0, 0.05) is 22.1 Å². The Morgan fingerprint density at radius 1 is 1.13 bits per heavy atom. The molecule has 0 fully saturated rings. The van der Waals surface area contributed by atoms with E-state index in [1.54, 1.807) is 30.3 Å². The van der Waals surface area contributed by atoms with E-state index in [0.717, 1.165) is 5.56 Å². The molecule has 7 heteroatoms. The van der Waals surface area contributed by atoms with Crippen molar-refractivity contribution in [2.24, 2.45) is 0 Å². The van der Waals surface area contributed by atoms with Gasteiger partial charge in [0.05, 0.1) is 0 Å². The Kier molecular flexibility index (Phi) is 4.20. The van der Waals surface area contributed by atoms with Crippen LogP contribution in [0.2, 0.25) is 0 Å². The average molecular weight is 393 g/mol. The zero-order valence-corrected chi connectivity index (χ0v) is 14.6. The monoisotopic (exact) mass is 392 g/mol. The van der Waals surface area contributed by atoms with E-state index < -0.39 is 14.5 Å². The molecule has 1 atom stereocenters. The van der Waals surface area contributed by atoms with Crippen molar-refractivity contribution in [1.29, 1.82) is 0 Å². The maximum Gasteiger partial charge on any atom is 0.330 e. The van der Waals surface area contributed by atoms with Gasteiger partial charge in [-0.25, -0.2) is 9.45 Å². The number of halogens is 1. The second kappa shape index (κ2) is 6.01. The number of nitrogens with one attached hydrogen (secondary N) is 1. The summed E-state index contributed by atoms with van der Waals surface area (Å²) in [5.41, 5.74) is 1.36. The minimum atomic E-state index is -4.12. The molecule has 3 rings (SSSR count). The lowest BCUT2D eigenvalue weighted by molar-refractivity contribution is -0.623. The predicted octanol–water partition coefficient (Wildman–Crippen LogP) is 2.71. The Balaban J connectivity index is 2.16. The molecule has 0 radical (unpaired) electrons. The Morgan fingerprint density at radius 2 is 1.83 bits per heavy atom. The number of hydrogen-bond acceptors (Lipinski definition) is 4. The molecule has 1 aromatic heterocycles. The molecular weight excluding hydrogens is 380 g/mol. The highest BCUT2D eigenvalue weighted by atomic mass is 79.9. The highest BCUT2D eigenvalue weighted by Gasteiger charge is 2.26. The largest absolute Gasteiger partial charge is 0.612 e. The second-order valence-electron chi connectivity index (χ2n) is 5.13. The van der Waals surface area contributed by atoms with Crippen molar-refractivity contribution in [1.82, 2.24) is 4.98 Å². The maximum atomic E-state index is 12.7. The molecule has 1 heterocycles. The van der Waals surface area contributed by atoms with E-state index >= 15 is 0 Å². The predicted molar refractivity (Wildman–Crippen MR) is 91.8 cm³/mol. The third-order valence-electron chi connectivity index (χ3n) is 3.46. The van der Waals surface area contributed by atoms with Gasteiger partial charge in [0.15, 0.2) is 5.69 Å². The van der Waals surface area contributed by atoms with Crippen molar-refractivity contribution >= 4 is 42.5 Å². The van der Waals surface area contributed by atoms with E-state index in [1.807, 2.05) is 6.92 Å². The minimum absolute atomic E-state index is 0.0165. The summed E-state index contributed by atoms with van der Waals surface area (Å²) in [6.45, 7) is 1.85. The molecule has 118 valence electrons. The number of pyridine rings is 1. The van der Waals surface area contributed by atoms with Crippen LogP contribution in [0.5, 0.6) is 0 Å². The number of aromatic nitrogens is 1. The van der Waals surface area contributed by atoms with E-state index in [2.05, 4.69) is 20.9 Å². The van der Waals surface area contributed by atoms with Crippen LogP contribution in [-0.2, 0) is 10.0 Å². The number of hydrogen-bond donors (Lipinski definition) is 1. The lowest BCUT2D eigenvalue weighted by atomic mass is 10.2. The lowest BCUT2D eigenvalue weighted by Crippen LogP contribution is -3.04. The normalized spacial score (nSPS) is 13.2. The molecule has 0 saturated heterocycles. The van der Waals surface area contributed by atoms with Crippen molar-refractivity contribution < 1.29 is 12.9 Å². The SMILES string of the molecule is Cc1ccc(S(=O)(=O)[NH+]([O-])c2cc(Br)cc3cccnc23)cc1. The van der Waals surface area contributed by atoms with Crippen LogP contribution < -0.4 is 4.47 Å². The Hall–Kier alpha value is -1.80. The summed E-state index contributed by atoms with van der Waals surface area (Å²) < 4.78 is 24.9. The molecule has 0 saturated carbocycles. The quantitative estimate of drug-likeness (QED) is 0.695. The molecule has 2 aromatic carbocycles. The zero-order valence-electron chi connectivity index (χ0n) is 12.2. The molecular formula is C16H13BrN2O3S. The zero-order chi connectivity index (χ0) is 16.6. The molecule has 0 amide bonds. The van der Waals surface area contributed by atoms with Gasteiger partial charge in [0.25, 0.3) is 0 Å². The van der Waals surface area contributed by atoms with Crippen LogP contribution in [0.3, 0.4) is 0 Å². The van der Waals surface area contributed by atoms with E-state index in [9.17, 15) is 13.6 Å². The van der Waals surface area contributed by atoms with E-state index in [4.69, 9.17) is 0 Å². The smallest absolute Gasteiger partial charge is 0.330 e. The molecule has 0 aliphatic carbocycles. The Labute approximate surface area is 142 Å². The Morgan fingerprint density at radius 3 is 2.52 bits per heavy atom. The fourth-order valence-corrected chi connectivity index (χ4v) is 3.91. The Bertz CT molecular complexity index is 972. The van der Waals surface area contributed by atoms with Crippen LogP contribution in [-0.4, -0.2) is 13.4 Å². The molecule has 3 aromatic rings. The molecule has 0 spiro atoms. The number of rotatable bonds is 3. The van der Waals surface area contributed by atoms with Gasteiger partial charge in [0.2, 0.25) is 0 Å². The first-order chi connectivity index (χ1) is 10.9. The van der Waals surface area contributed by atoms with Crippen molar-refractivity contribution in [2.75, 3.05) is 0 Å². The summed E-state index contributed by atoms with van der Waals surface area (Å²) in [6.07, 6.45) is 1.53. The lowest BCUT2D eigenvalue weighted by Gasteiger charge is -2.22. The molecule has 5 nitrogen and oxygen atoms in total. The number of benzene rings is 2. The van der Waals surface area contributed by atoms with Gasteiger partial charge in [-0.3, -0.25) is 0 Å². The van der Waals surface area contributed by atoms with Crippen LogP contribution in [0, 0.1) is 12.1 Å². The van der Waals surface area contributed by atoms with Gasteiger partial charge >= 0.3 is 10.0 Å². The van der Waals surface area contributed by atoms with Crippen LogP contribution in [0.15, 0.2) is 64.1 Å². The molecule has 23 heavy (non-hydrogen) atoms. The molecule has 0 aliphatic heterocycles. The highest BCUT2D eigenvalue weighted by molar-refractivity contribution is 9.10. The summed E-state index contributed by atoms with van der Waals surface area (Å²) in [4.78, 5) is 4.14. The fourth-order valence-electron chi connectivity index (χ4n) is 2.28. The molecule has 1 unspecified atom stereocenters. The van der Waals surface area contributed by atoms with Crippen molar-refractivity contribution in [3.63, 3.8) is 0 Å². The number of sulfonamides is 1. The average Bonchev–Trinajstić information content (AvgIpc) is 2.53. The topological polar surface area (TPSA) is 74.5 Å². The summed E-state index contributed by atoms with van der Waals surface area (Å²) in [7, 11) is -4.12. The van der Waals surface area contributed by atoms with Crippen LogP contribution in [0.25, 0.3) is 10.9 Å². The van der Waals surface area contributed by atoms with Gasteiger partial charge in [0.1, 0.15) is 10.4 Å². The standard InChI is InChI=1S/C16H13BrN2O3S/c1-11-4-6-14(7-5-11)23(21,22)19(20)15-10-13(17)9-12-3-2-8-18-16(12)15/h2-10,19H,1H3. The van der Waals surface area contributed by atoms with Gasteiger partial charge in [-0.1, -0.05) is 39.7 Å². The van der Waals surface area contributed by atoms with Crippen LogP contribution in [0.1, 0.15) is 5.56 Å². The van der Waals surface area contributed by atoms with Crippen LogP contribution >= 0.6 is 15.9 Å². The number of quaternary nitrogens is 1. The summed E-state index contributed by atoms with van der Waals surface area (Å²) in [6, 6.07) is 13.0. The van der Waals surface area contributed by atoms with Crippen molar-refractivity contribution in [3.05, 3.63) is 70.0 Å². The van der Waals surface area contributed by atoms with Crippen LogP contribution in [0.4, 0.5) is 5.69 Å². The van der Waals surface area contributed by atoms with Gasteiger partial charge in [-0.05, 0) is 31.2 Å². The molecule has 1 N–H and O–H groups in total. The van der Waals surface area contributed by atoms with Gasteiger partial charge in [-0.2, -0.15) is 8.42 Å². The third kappa shape index (κ3) is 3.00. The van der Waals surface area contributed by atoms with Crippen molar-refractivity contribution in [3.8, 4) is 0 Å². The minimum Gasteiger partial charge on any atom is -0.612 e. The number of nitrogens with zero attached hydrogens (tertiary/aromatic N) is 1. The van der Waals surface area contributed by atoms with Gasteiger partial charge < -0.3 is 5.21 Å². The third-order valence-corrected chi connectivity index (χ3v) is 5.52. The van der Waals surface area contributed by atoms with E-state index in [-0.39, 0.29) is 10.6 Å². The van der Waals surface area contributed by atoms with E-state index in [0.29, 0.717) is 15.4 Å². The highest BCUT2D eigenvalue weighted by Crippen LogP contribution is 2.25. The molecule has 0 bridgehead atoms. The first kappa shape index (κ1) is 16.1.